The Labute approximate surface area is 203 Å². The van der Waals surface area contributed by atoms with Crippen molar-refractivity contribution < 1.29 is 9.59 Å². The van der Waals surface area contributed by atoms with Gasteiger partial charge in [-0.2, -0.15) is 0 Å². The number of aromatic nitrogens is 1. The number of fused-ring (bicyclic) bond motifs is 2. The van der Waals surface area contributed by atoms with Crippen LogP contribution in [-0.4, -0.2) is 42.9 Å². The zero-order valence-corrected chi connectivity index (χ0v) is 19.5. The van der Waals surface area contributed by atoms with Crippen molar-refractivity contribution in [3.8, 4) is 0 Å². The minimum atomic E-state index is -0.115. The van der Waals surface area contributed by atoms with Crippen LogP contribution in [0.5, 0.6) is 0 Å². The van der Waals surface area contributed by atoms with Gasteiger partial charge in [0, 0.05) is 40.2 Å². The summed E-state index contributed by atoms with van der Waals surface area (Å²) in [5.74, 6) is 0.319. The lowest BCUT2D eigenvalue weighted by atomic mass is 9.96. The van der Waals surface area contributed by atoms with E-state index in [9.17, 15) is 9.59 Å². The summed E-state index contributed by atoms with van der Waals surface area (Å²) in [6, 6.07) is 17.1. The van der Waals surface area contributed by atoms with Gasteiger partial charge >= 0.3 is 0 Å². The highest BCUT2D eigenvalue weighted by molar-refractivity contribution is 6.35. The molecule has 6 nitrogen and oxygen atoms in total. The maximum atomic E-state index is 13.5. The lowest BCUT2D eigenvalue weighted by Gasteiger charge is -2.23. The zero-order valence-electron chi connectivity index (χ0n) is 18.8. The topological polar surface area (TPSA) is 86.0 Å². The van der Waals surface area contributed by atoms with E-state index in [1.807, 2.05) is 48.5 Å². The summed E-state index contributed by atoms with van der Waals surface area (Å²) < 4.78 is 0. The minimum Gasteiger partial charge on any atom is -0.375 e. The molecule has 1 saturated heterocycles. The zero-order chi connectivity index (χ0) is 23.5. The first-order valence-electron chi connectivity index (χ1n) is 11.6. The summed E-state index contributed by atoms with van der Waals surface area (Å²) >= 11 is 6.19. The fourth-order valence-corrected chi connectivity index (χ4v) is 4.83. The molecule has 3 aromatic carbocycles. The van der Waals surface area contributed by atoms with Gasteiger partial charge < -0.3 is 20.9 Å². The number of halogens is 1. The second-order valence-corrected chi connectivity index (χ2v) is 9.19. The van der Waals surface area contributed by atoms with Crippen LogP contribution in [0.25, 0.3) is 21.7 Å². The summed E-state index contributed by atoms with van der Waals surface area (Å²) in [5, 5.41) is 13.1. The molecule has 0 aliphatic carbocycles. The van der Waals surface area contributed by atoms with Gasteiger partial charge in [-0.1, -0.05) is 54.1 Å². The Kier molecular flexibility index (Phi) is 6.52. The van der Waals surface area contributed by atoms with Crippen LogP contribution in [0.15, 0.2) is 60.8 Å². The Morgan fingerprint density at radius 1 is 1.00 bits per heavy atom. The predicted octanol–water partition coefficient (Wildman–Crippen LogP) is 4.73. The number of ketones is 1. The number of hydrogen-bond donors (Lipinski definition) is 4. The van der Waals surface area contributed by atoms with Crippen LogP contribution in [-0.2, 0) is 4.79 Å². The molecule has 1 fully saturated rings. The normalized spacial score (nSPS) is 14.4. The first-order chi connectivity index (χ1) is 16.6. The van der Waals surface area contributed by atoms with E-state index in [2.05, 4.69) is 20.9 Å². The number of amides is 1. The number of hydrogen-bond acceptors (Lipinski definition) is 4. The summed E-state index contributed by atoms with van der Waals surface area (Å²) in [7, 11) is 0. The summed E-state index contributed by atoms with van der Waals surface area (Å²) in [6.07, 6.45) is 3.87. The van der Waals surface area contributed by atoms with Gasteiger partial charge in [-0.15, -0.1) is 0 Å². The van der Waals surface area contributed by atoms with Crippen LogP contribution in [0.3, 0.4) is 0 Å². The van der Waals surface area contributed by atoms with Crippen molar-refractivity contribution in [3.05, 3.63) is 76.9 Å². The molecular weight excluding hydrogens is 448 g/mol. The quantitative estimate of drug-likeness (QED) is 0.292. The van der Waals surface area contributed by atoms with Gasteiger partial charge in [0.1, 0.15) is 0 Å². The van der Waals surface area contributed by atoms with Gasteiger partial charge in [-0.25, -0.2) is 0 Å². The number of benzene rings is 3. The lowest BCUT2D eigenvalue weighted by molar-refractivity contribution is -0.119. The van der Waals surface area contributed by atoms with Crippen molar-refractivity contribution in [2.45, 2.75) is 12.8 Å². The molecule has 1 amide bonds. The average Bonchev–Trinajstić information content (AvgIpc) is 3.26. The van der Waals surface area contributed by atoms with Crippen LogP contribution in [0.2, 0.25) is 5.02 Å². The third-order valence-electron chi connectivity index (χ3n) is 6.54. The maximum Gasteiger partial charge on any atom is 0.239 e. The summed E-state index contributed by atoms with van der Waals surface area (Å²) in [5.41, 5.74) is 2.56. The van der Waals surface area contributed by atoms with Crippen molar-refractivity contribution in [2.75, 3.05) is 31.5 Å². The molecule has 1 aromatic heterocycles. The van der Waals surface area contributed by atoms with Gasteiger partial charge in [-0.3, -0.25) is 9.59 Å². The number of nitrogens with one attached hydrogen (secondary N) is 4. The smallest absolute Gasteiger partial charge is 0.239 e. The third-order valence-corrected chi connectivity index (χ3v) is 6.85. The van der Waals surface area contributed by atoms with E-state index < -0.39 is 0 Å². The van der Waals surface area contributed by atoms with E-state index in [-0.39, 0.29) is 18.2 Å². The highest BCUT2D eigenvalue weighted by Crippen LogP contribution is 2.31. The first kappa shape index (κ1) is 22.4. The molecule has 5 rings (SSSR count). The molecule has 0 radical (unpaired) electrons. The molecule has 7 heteroatoms. The Morgan fingerprint density at radius 3 is 2.68 bits per heavy atom. The van der Waals surface area contributed by atoms with E-state index in [0.717, 1.165) is 47.6 Å². The van der Waals surface area contributed by atoms with E-state index >= 15 is 0 Å². The van der Waals surface area contributed by atoms with Crippen LogP contribution >= 0.6 is 11.6 Å². The van der Waals surface area contributed by atoms with E-state index in [1.54, 1.807) is 12.3 Å². The standard InChI is InChI=1S/C27H27ClN4O2/c28-23-15-30-24-13-19(6-7-21(23)24)27(34)22-8-5-18-3-1-2-4-20(18)26(22)32-16-25(33)31-14-17-9-11-29-12-10-17/h1-8,13,15,17,29-30,32H,9-12,14,16H2,(H,31,33). The van der Waals surface area contributed by atoms with E-state index in [0.29, 0.717) is 34.3 Å². The lowest BCUT2D eigenvalue weighted by Crippen LogP contribution is -2.38. The molecular formula is C27H27ClN4O2. The monoisotopic (exact) mass is 474 g/mol. The molecule has 2 heterocycles. The van der Waals surface area contributed by atoms with E-state index in [1.165, 1.54) is 0 Å². The Hall–Kier alpha value is -3.35. The largest absolute Gasteiger partial charge is 0.375 e. The maximum absolute atomic E-state index is 13.5. The number of carbonyl (C=O) groups is 2. The fourth-order valence-electron chi connectivity index (χ4n) is 4.61. The molecule has 1 aliphatic heterocycles. The van der Waals surface area contributed by atoms with Crippen LogP contribution in [0.4, 0.5) is 5.69 Å². The van der Waals surface area contributed by atoms with Gasteiger partial charge in [0.2, 0.25) is 5.91 Å². The second-order valence-electron chi connectivity index (χ2n) is 8.79. The van der Waals surface area contributed by atoms with Crippen LogP contribution in [0.1, 0.15) is 28.8 Å². The van der Waals surface area contributed by atoms with Gasteiger partial charge in [0.25, 0.3) is 0 Å². The van der Waals surface area contributed by atoms with Crippen molar-refractivity contribution >= 4 is 50.7 Å². The van der Waals surface area contributed by atoms with Crippen LogP contribution < -0.4 is 16.0 Å². The Balaban J connectivity index is 1.39. The van der Waals surface area contributed by atoms with E-state index in [4.69, 9.17) is 11.6 Å². The molecule has 1 aliphatic rings. The van der Waals surface area contributed by atoms with Crippen molar-refractivity contribution in [3.63, 3.8) is 0 Å². The SMILES string of the molecule is O=C(CNc1c(C(=O)c2ccc3c(Cl)c[nH]c3c2)ccc2ccccc12)NCC1CCNCC1. The molecule has 0 unspecified atom stereocenters. The number of piperidine rings is 1. The molecule has 0 atom stereocenters. The number of H-pyrrole nitrogens is 1. The van der Waals surface area contributed by atoms with Crippen molar-refractivity contribution in [1.29, 1.82) is 0 Å². The molecule has 4 N–H and O–H groups in total. The second kappa shape index (κ2) is 9.87. The van der Waals surface area contributed by atoms with Gasteiger partial charge in [0.15, 0.2) is 5.78 Å². The minimum absolute atomic E-state index is 0.0766. The predicted molar refractivity (Wildman–Crippen MR) is 138 cm³/mol. The number of aromatic amines is 1. The number of rotatable bonds is 7. The van der Waals surface area contributed by atoms with Gasteiger partial charge in [-0.05, 0) is 49.4 Å². The summed E-state index contributed by atoms with van der Waals surface area (Å²) in [6.45, 7) is 2.79. The average molecular weight is 475 g/mol. The van der Waals surface area contributed by atoms with Gasteiger partial charge in [0.05, 0.1) is 17.3 Å². The number of anilines is 1. The highest BCUT2D eigenvalue weighted by atomic mass is 35.5. The molecule has 0 spiro atoms. The summed E-state index contributed by atoms with van der Waals surface area (Å²) in [4.78, 5) is 29.3. The first-order valence-corrected chi connectivity index (χ1v) is 12.0. The van der Waals surface area contributed by atoms with Crippen molar-refractivity contribution in [1.82, 2.24) is 15.6 Å². The van der Waals surface area contributed by atoms with Crippen molar-refractivity contribution in [2.24, 2.45) is 5.92 Å². The highest BCUT2D eigenvalue weighted by Gasteiger charge is 2.19. The molecule has 4 aromatic rings. The Morgan fingerprint density at radius 2 is 1.82 bits per heavy atom. The fraction of sp³-hybridized carbons (Fsp3) is 0.259. The molecule has 0 saturated carbocycles. The molecule has 174 valence electrons. The number of carbonyl (C=O) groups excluding carboxylic acids is 2. The van der Waals surface area contributed by atoms with Crippen LogP contribution in [0, 0.1) is 5.92 Å². The Bertz CT molecular complexity index is 1360. The molecule has 34 heavy (non-hydrogen) atoms. The third kappa shape index (κ3) is 4.65. The molecule has 0 bridgehead atoms.